The van der Waals surface area contributed by atoms with E-state index in [4.69, 9.17) is 0 Å². The zero-order valence-corrected chi connectivity index (χ0v) is 13.8. The van der Waals surface area contributed by atoms with E-state index in [1.54, 1.807) is 6.20 Å². The Labute approximate surface area is 135 Å². The van der Waals surface area contributed by atoms with Crippen LogP contribution >= 0.6 is 0 Å². The number of amides is 1. The normalized spacial score (nSPS) is 11.2. The summed E-state index contributed by atoms with van der Waals surface area (Å²) in [7, 11) is 0. The lowest BCUT2D eigenvalue weighted by Gasteiger charge is -2.10. The molecule has 0 aliphatic heterocycles. The van der Waals surface area contributed by atoms with Crippen LogP contribution in [0.3, 0.4) is 0 Å². The SMILES string of the molecule is Cc1cc(C(=O)Nc2ccccc2C)c2cnn(C(C)C)c2n1. The predicted octanol–water partition coefficient (Wildman–Crippen LogP) is 3.88. The lowest BCUT2D eigenvalue weighted by Crippen LogP contribution is -2.14. The average Bonchev–Trinajstić information content (AvgIpc) is 2.92. The van der Waals surface area contributed by atoms with Crippen LogP contribution in [0.25, 0.3) is 11.0 Å². The van der Waals surface area contributed by atoms with Gasteiger partial charge in [0.05, 0.1) is 17.1 Å². The number of benzene rings is 1. The minimum absolute atomic E-state index is 0.141. The Morgan fingerprint density at radius 1 is 1.22 bits per heavy atom. The number of nitrogens with one attached hydrogen (secondary N) is 1. The largest absolute Gasteiger partial charge is 0.322 e. The molecule has 2 heterocycles. The highest BCUT2D eigenvalue weighted by Crippen LogP contribution is 2.22. The van der Waals surface area contributed by atoms with E-state index in [1.807, 2.05) is 62.7 Å². The van der Waals surface area contributed by atoms with E-state index in [9.17, 15) is 4.79 Å². The molecular formula is C18H20N4O. The van der Waals surface area contributed by atoms with Crippen molar-refractivity contribution in [3.05, 3.63) is 53.3 Å². The van der Waals surface area contributed by atoms with Crippen molar-refractivity contribution in [3.8, 4) is 0 Å². The van der Waals surface area contributed by atoms with Gasteiger partial charge in [-0.3, -0.25) is 4.79 Å². The molecule has 0 radical (unpaired) electrons. The van der Waals surface area contributed by atoms with Crippen molar-refractivity contribution in [1.29, 1.82) is 0 Å². The van der Waals surface area contributed by atoms with Gasteiger partial charge < -0.3 is 5.32 Å². The van der Waals surface area contributed by atoms with E-state index in [0.29, 0.717) is 5.56 Å². The Kier molecular flexibility index (Phi) is 3.86. The minimum Gasteiger partial charge on any atom is -0.322 e. The van der Waals surface area contributed by atoms with Crippen LogP contribution in [-0.2, 0) is 0 Å². The molecule has 0 aliphatic carbocycles. The number of aryl methyl sites for hydroxylation is 2. The van der Waals surface area contributed by atoms with Crippen LogP contribution in [0.2, 0.25) is 0 Å². The van der Waals surface area contributed by atoms with Crippen molar-refractivity contribution in [3.63, 3.8) is 0 Å². The zero-order chi connectivity index (χ0) is 16.6. The zero-order valence-electron chi connectivity index (χ0n) is 13.8. The predicted molar refractivity (Wildman–Crippen MR) is 91.8 cm³/mol. The Balaban J connectivity index is 2.05. The van der Waals surface area contributed by atoms with Gasteiger partial charge in [-0.1, -0.05) is 18.2 Å². The first kappa shape index (κ1) is 15.2. The highest BCUT2D eigenvalue weighted by Gasteiger charge is 2.17. The van der Waals surface area contributed by atoms with Gasteiger partial charge in [-0.15, -0.1) is 0 Å². The molecule has 1 amide bonds. The van der Waals surface area contributed by atoms with Gasteiger partial charge in [0.25, 0.3) is 5.91 Å². The smallest absolute Gasteiger partial charge is 0.256 e. The van der Waals surface area contributed by atoms with Gasteiger partial charge in [-0.2, -0.15) is 5.10 Å². The van der Waals surface area contributed by atoms with E-state index in [-0.39, 0.29) is 11.9 Å². The van der Waals surface area contributed by atoms with Gasteiger partial charge in [-0.05, 0) is 45.4 Å². The van der Waals surface area contributed by atoms with Gasteiger partial charge in [0.1, 0.15) is 0 Å². The number of para-hydroxylation sites is 1. The van der Waals surface area contributed by atoms with Crippen LogP contribution in [0.5, 0.6) is 0 Å². The van der Waals surface area contributed by atoms with E-state index < -0.39 is 0 Å². The molecule has 0 fully saturated rings. The standard InChI is InChI=1S/C18H20N4O/c1-11(2)22-17-15(10-19-22)14(9-13(4)20-17)18(23)21-16-8-6-5-7-12(16)3/h5-11H,1-4H3,(H,21,23). The third-order valence-electron chi connectivity index (χ3n) is 3.82. The number of hydrogen-bond acceptors (Lipinski definition) is 3. The van der Waals surface area contributed by atoms with Crippen molar-refractivity contribution in [1.82, 2.24) is 14.8 Å². The van der Waals surface area contributed by atoms with Crippen LogP contribution in [0, 0.1) is 13.8 Å². The Hall–Kier alpha value is -2.69. The van der Waals surface area contributed by atoms with E-state index in [1.165, 1.54) is 0 Å². The molecule has 1 N–H and O–H groups in total. The number of aromatic nitrogens is 3. The summed E-state index contributed by atoms with van der Waals surface area (Å²) < 4.78 is 1.84. The van der Waals surface area contributed by atoms with Crippen molar-refractivity contribution in [2.75, 3.05) is 5.32 Å². The number of carbonyl (C=O) groups excluding carboxylic acids is 1. The fourth-order valence-corrected chi connectivity index (χ4v) is 2.61. The quantitative estimate of drug-likeness (QED) is 0.798. The molecule has 118 valence electrons. The summed E-state index contributed by atoms with van der Waals surface area (Å²) in [6, 6.07) is 9.73. The van der Waals surface area contributed by atoms with Crippen molar-refractivity contribution in [2.24, 2.45) is 0 Å². The molecule has 3 aromatic rings. The number of rotatable bonds is 3. The molecule has 2 aromatic heterocycles. The number of pyridine rings is 1. The van der Waals surface area contributed by atoms with E-state index in [2.05, 4.69) is 15.4 Å². The Morgan fingerprint density at radius 2 is 1.96 bits per heavy atom. The fraction of sp³-hybridized carbons (Fsp3) is 0.278. The van der Waals surface area contributed by atoms with E-state index >= 15 is 0 Å². The third kappa shape index (κ3) is 2.82. The monoisotopic (exact) mass is 308 g/mol. The van der Waals surface area contributed by atoms with Crippen LogP contribution in [0.4, 0.5) is 5.69 Å². The summed E-state index contributed by atoms with van der Waals surface area (Å²) in [4.78, 5) is 17.3. The lowest BCUT2D eigenvalue weighted by atomic mass is 10.1. The summed E-state index contributed by atoms with van der Waals surface area (Å²) in [5.74, 6) is -0.141. The van der Waals surface area contributed by atoms with E-state index in [0.717, 1.165) is 28.0 Å². The van der Waals surface area contributed by atoms with Gasteiger partial charge >= 0.3 is 0 Å². The molecule has 3 rings (SSSR count). The molecule has 0 aliphatic rings. The van der Waals surface area contributed by atoms with Crippen LogP contribution in [-0.4, -0.2) is 20.7 Å². The van der Waals surface area contributed by atoms with Gasteiger partial charge in [0.15, 0.2) is 5.65 Å². The molecule has 0 unspecified atom stereocenters. The number of fused-ring (bicyclic) bond motifs is 1. The molecule has 23 heavy (non-hydrogen) atoms. The average molecular weight is 308 g/mol. The van der Waals surface area contributed by atoms with Gasteiger partial charge in [0.2, 0.25) is 0 Å². The molecule has 5 heteroatoms. The lowest BCUT2D eigenvalue weighted by molar-refractivity contribution is 0.102. The first-order valence-electron chi connectivity index (χ1n) is 7.69. The van der Waals surface area contributed by atoms with Crippen LogP contribution < -0.4 is 5.32 Å². The molecule has 0 saturated heterocycles. The Morgan fingerprint density at radius 3 is 2.65 bits per heavy atom. The molecule has 5 nitrogen and oxygen atoms in total. The first-order valence-corrected chi connectivity index (χ1v) is 7.69. The molecule has 0 atom stereocenters. The van der Waals surface area contributed by atoms with Crippen LogP contribution in [0.1, 0.15) is 41.5 Å². The molecule has 0 spiro atoms. The highest BCUT2D eigenvalue weighted by molar-refractivity contribution is 6.12. The molecule has 0 saturated carbocycles. The number of nitrogens with zero attached hydrogens (tertiary/aromatic N) is 3. The second-order valence-electron chi connectivity index (χ2n) is 6.00. The maximum Gasteiger partial charge on any atom is 0.256 e. The van der Waals surface area contributed by atoms with Gasteiger partial charge in [0, 0.05) is 17.4 Å². The third-order valence-corrected chi connectivity index (χ3v) is 3.82. The van der Waals surface area contributed by atoms with Crippen molar-refractivity contribution >= 4 is 22.6 Å². The Bertz CT molecular complexity index is 880. The first-order chi connectivity index (χ1) is 11.0. The molecular weight excluding hydrogens is 288 g/mol. The summed E-state index contributed by atoms with van der Waals surface area (Å²) in [6.07, 6.45) is 1.72. The maximum absolute atomic E-state index is 12.7. The van der Waals surface area contributed by atoms with Crippen molar-refractivity contribution < 1.29 is 4.79 Å². The second kappa shape index (κ2) is 5.83. The second-order valence-corrected chi connectivity index (χ2v) is 6.00. The molecule has 1 aromatic carbocycles. The van der Waals surface area contributed by atoms with Gasteiger partial charge in [-0.25, -0.2) is 9.67 Å². The summed E-state index contributed by atoms with van der Waals surface area (Å²) >= 11 is 0. The maximum atomic E-state index is 12.7. The number of hydrogen-bond donors (Lipinski definition) is 1. The number of anilines is 1. The minimum atomic E-state index is -0.141. The molecule has 0 bridgehead atoms. The highest BCUT2D eigenvalue weighted by atomic mass is 16.1. The van der Waals surface area contributed by atoms with Crippen LogP contribution in [0.15, 0.2) is 36.5 Å². The number of carbonyl (C=O) groups is 1. The topological polar surface area (TPSA) is 59.8 Å². The van der Waals surface area contributed by atoms with Crippen molar-refractivity contribution in [2.45, 2.75) is 33.7 Å². The summed E-state index contributed by atoms with van der Waals surface area (Å²) in [5, 5.41) is 8.13. The summed E-state index contributed by atoms with van der Waals surface area (Å²) in [6.45, 7) is 7.95. The fourth-order valence-electron chi connectivity index (χ4n) is 2.61. The summed E-state index contributed by atoms with van der Waals surface area (Å²) in [5.41, 5.74) is 3.99.